The summed E-state index contributed by atoms with van der Waals surface area (Å²) in [7, 11) is -4.07. The largest absolute Gasteiger partial charge is 0.472 e. The number of carbonyl (C=O) groups excluding carboxylic acids is 1. The van der Waals surface area contributed by atoms with Crippen LogP contribution < -0.4 is 0 Å². The van der Waals surface area contributed by atoms with Crippen LogP contribution >= 0.6 is 7.82 Å². The van der Waals surface area contributed by atoms with Gasteiger partial charge in [0.2, 0.25) is 0 Å². The third-order valence-electron chi connectivity index (χ3n) is 5.36. The maximum Gasteiger partial charge on any atom is 0.472 e. The highest BCUT2D eigenvalue weighted by atomic mass is 31.2. The normalized spacial score (nSPS) is 13.7. The summed E-state index contributed by atoms with van der Waals surface area (Å²) >= 11 is 0. The summed E-state index contributed by atoms with van der Waals surface area (Å²) in [5.41, 5.74) is 0.318. The SMILES string of the molecule is C=C(C)C(=O)OCCCOP(=O)(O)OCCCC[N+](CCCC)(CCCC)CCCC. The number of phosphoric acid groups is 1. The molecule has 0 aliphatic heterocycles. The van der Waals surface area contributed by atoms with Gasteiger partial charge in [-0.15, -0.1) is 0 Å². The van der Waals surface area contributed by atoms with Crippen molar-refractivity contribution in [1.82, 2.24) is 0 Å². The molecular formula is C23H47NO6P+. The molecule has 0 aromatic rings. The molecule has 31 heavy (non-hydrogen) atoms. The zero-order valence-electron chi connectivity index (χ0n) is 20.4. The highest BCUT2D eigenvalue weighted by Crippen LogP contribution is 2.43. The number of quaternary nitrogens is 1. The van der Waals surface area contributed by atoms with Gasteiger partial charge >= 0.3 is 13.8 Å². The number of ether oxygens (including phenoxy) is 1. The number of nitrogens with zero attached hydrogens (tertiary/aromatic N) is 1. The number of carbonyl (C=O) groups is 1. The van der Waals surface area contributed by atoms with E-state index in [4.69, 9.17) is 13.8 Å². The molecule has 0 bridgehead atoms. The lowest BCUT2D eigenvalue weighted by Gasteiger charge is -2.39. The van der Waals surface area contributed by atoms with Crippen LogP contribution in [0, 0.1) is 0 Å². The van der Waals surface area contributed by atoms with E-state index in [-0.39, 0.29) is 19.8 Å². The molecule has 8 heteroatoms. The minimum atomic E-state index is -4.07. The molecule has 0 saturated heterocycles. The lowest BCUT2D eigenvalue weighted by molar-refractivity contribution is -0.929. The van der Waals surface area contributed by atoms with E-state index < -0.39 is 13.8 Å². The van der Waals surface area contributed by atoms with Gasteiger partial charge in [-0.1, -0.05) is 46.6 Å². The van der Waals surface area contributed by atoms with Crippen molar-refractivity contribution in [2.45, 2.75) is 85.5 Å². The molecule has 7 nitrogen and oxygen atoms in total. The van der Waals surface area contributed by atoms with Crippen molar-refractivity contribution >= 4 is 13.8 Å². The predicted octanol–water partition coefficient (Wildman–Crippen LogP) is 5.63. The van der Waals surface area contributed by atoms with Crippen molar-refractivity contribution in [3.8, 4) is 0 Å². The van der Waals surface area contributed by atoms with Gasteiger partial charge in [0.25, 0.3) is 0 Å². The molecule has 0 aromatic heterocycles. The monoisotopic (exact) mass is 464 g/mol. The summed E-state index contributed by atoms with van der Waals surface area (Å²) in [5.74, 6) is -0.477. The fourth-order valence-corrected chi connectivity index (χ4v) is 4.24. The molecule has 0 aromatic carbocycles. The number of rotatable bonds is 21. The minimum absolute atomic E-state index is 0.0116. The Bertz CT molecular complexity index is 518. The Hall–Kier alpha value is -0.720. The van der Waals surface area contributed by atoms with Gasteiger partial charge in [0.15, 0.2) is 0 Å². The highest BCUT2D eigenvalue weighted by molar-refractivity contribution is 7.47. The van der Waals surface area contributed by atoms with Gasteiger partial charge < -0.3 is 14.1 Å². The fraction of sp³-hybridized carbons (Fsp3) is 0.870. The first-order valence-electron chi connectivity index (χ1n) is 12.0. The number of phosphoric ester groups is 1. The van der Waals surface area contributed by atoms with Crippen LogP contribution in [0.1, 0.15) is 85.5 Å². The van der Waals surface area contributed by atoms with E-state index in [1.165, 1.54) is 58.2 Å². The molecule has 0 aliphatic carbocycles. The second kappa shape index (κ2) is 17.8. The van der Waals surface area contributed by atoms with Crippen LogP contribution in [0.5, 0.6) is 0 Å². The van der Waals surface area contributed by atoms with Crippen molar-refractivity contribution in [3.63, 3.8) is 0 Å². The molecule has 1 atom stereocenters. The molecule has 0 amide bonds. The summed E-state index contributed by atoms with van der Waals surface area (Å²) in [6.45, 7) is 16.8. The molecule has 184 valence electrons. The Morgan fingerprint density at radius 1 is 0.806 bits per heavy atom. The average Bonchev–Trinajstić information content (AvgIpc) is 2.73. The van der Waals surface area contributed by atoms with E-state index in [9.17, 15) is 14.3 Å². The van der Waals surface area contributed by atoms with Crippen LogP contribution in [0.2, 0.25) is 0 Å². The Morgan fingerprint density at radius 2 is 1.26 bits per heavy atom. The van der Waals surface area contributed by atoms with Gasteiger partial charge in [0.05, 0.1) is 46.0 Å². The van der Waals surface area contributed by atoms with Gasteiger partial charge in [-0.25, -0.2) is 9.36 Å². The maximum atomic E-state index is 12.0. The molecule has 0 saturated carbocycles. The van der Waals surface area contributed by atoms with E-state index in [1.54, 1.807) is 6.92 Å². The Balaban J connectivity index is 4.28. The summed E-state index contributed by atoms with van der Waals surface area (Å²) in [4.78, 5) is 21.1. The molecule has 0 fully saturated rings. The zero-order chi connectivity index (χ0) is 23.6. The van der Waals surface area contributed by atoms with Gasteiger partial charge in [-0.2, -0.15) is 0 Å². The quantitative estimate of drug-likeness (QED) is 0.0780. The van der Waals surface area contributed by atoms with E-state index in [0.29, 0.717) is 12.0 Å². The zero-order valence-corrected chi connectivity index (χ0v) is 21.3. The lowest BCUT2D eigenvalue weighted by Crippen LogP contribution is -2.50. The van der Waals surface area contributed by atoms with E-state index >= 15 is 0 Å². The first kappa shape index (κ1) is 30.3. The summed E-state index contributed by atoms with van der Waals surface area (Å²) < 4.78 is 28.1. The molecule has 0 heterocycles. The van der Waals surface area contributed by atoms with Crippen LogP contribution in [0.3, 0.4) is 0 Å². The van der Waals surface area contributed by atoms with E-state index in [1.807, 2.05) is 0 Å². The number of esters is 1. The molecular weight excluding hydrogens is 417 g/mol. The van der Waals surface area contributed by atoms with Crippen LogP contribution in [0.15, 0.2) is 12.2 Å². The van der Waals surface area contributed by atoms with Gasteiger partial charge in [-0.3, -0.25) is 9.05 Å². The first-order valence-corrected chi connectivity index (χ1v) is 13.5. The summed E-state index contributed by atoms with van der Waals surface area (Å²) in [6, 6.07) is 0. The van der Waals surface area contributed by atoms with Crippen LogP contribution in [-0.2, 0) is 23.1 Å². The van der Waals surface area contributed by atoms with Crippen molar-refractivity contribution in [3.05, 3.63) is 12.2 Å². The molecule has 0 rings (SSSR count). The molecule has 1 N–H and O–H groups in total. The van der Waals surface area contributed by atoms with Gasteiger partial charge in [0.1, 0.15) is 0 Å². The lowest BCUT2D eigenvalue weighted by atomic mass is 10.1. The standard InChI is InChI=1S/C23H46NO6P/c1-6-9-15-24(16-10-7-2,17-11-8-3)18-12-13-20-29-31(26,27)30-21-14-19-28-23(25)22(4)5/h4,6-21H2,1-3,5H3/p+1. The van der Waals surface area contributed by atoms with E-state index in [0.717, 1.165) is 23.9 Å². The Kier molecular flexibility index (Phi) is 17.4. The predicted molar refractivity (Wildman–Crippen MR) is 126 cm³/mol. The van der Waals surface area contributed by atoms with Crippen LogP contribution in [0.25, 0.3) is 0 Å². The third-order valence-corrected chi connectivity index (χ3v) is 6.38. The van der Waals surface area contributed by atoms with Gasteiger partial charge in [-0.05, 0) is 39.0 Å². The molecule has 1 unspecified atom stereocenters. The van der Waals surface area contributed by atoms with Crippen molar-refractivity contribution in [1.29, 1.82) is 0 Å². The third kappa shape index (κ3) is 15.7. The second-order valence-corrected chi connectivity index (χ2v) is 9.86. The average molecular weight is 465 g/mol. The van der Waals surface area contributed by atoms with Crippen molar-refractivity contribution < 1.29 is 32.5 Å². The van der Waals surface area contributed by atoms with Crippen LogP contribution in [0.4, 0.5) is 0 Å². The number of unbranched alkanes of at least 4 members (excludes halogenated alkanes) is 4. The molecule has 0 aliphatic rings. The van der Waals surface area contributed by atoms with E-state index in [2.05, 4.69) is 27.4 Å². The summed E-state index contributed by atoms with van der Waals surface area (Å²) in [5, 5.41) is 0. The second-order valence-electron chi connectivity index (χ2n) is 8.41. The Morgan fingerprint density at radius 3 is 1.71 bits per heavy atom. The molecule has 0 radical (unpaired) electrons. The first-order chi connectivity index (χ1) is 14.7. The minimum Gasteiger partial charge on any atom is -0.462 e. The Labute approximate surface area is 190 Å². The smallest absolute Gasteiger partial charge is 0.462 e. The summed E-state index contributed by atoms with van der Waals surface area (Å²) in [6.07, 6.45) is 9.36. The molecule has 0 spiro atoms. The fourth-order valence-electron chi connectivity index (χ4n) is 3.44. The highest BCUT2D eigenvalue weighted by Gasteiger charge is 2.26. The van der Waals surface area contributed by atoms with Crippen molar-refractivity contribution in [2.75, 3.05) is 46.0 Å². The maximum absolute atomic E-state index is 12.0. The van der Waals surface area contributed by atoms with Crippen molar-refractivity contribution in [2.24, 2.45) is 0 Å². The number of hydrogen-bond donors (Lipinski definition) is 1. The van der Waals surface area contributed by atoms with Gasteiger partial charge in [0, 0.05) is 12.0 Å². The number of hydrogen-bond acceptors (Lipinski definition) is 5. The van der Waals surface area contributed by atoms with Crippen LogP contribution in [-0.4, -0.2) is 61.3 Å². The topological polar surface area (TPSA) is 82.1 Å².